The first-order chi connectivity index (χ1) is 8.80. The summed E-state index contributed by atoms with van der Waals surface area (Å²) in [6.07, 6.45) is 0.487. The molecular weight excluding hydrogens is 332 g/mol. The van der Waals surface area contributed by atoms with E-state index in [2.05, 4.69) is 15.9 Å². The molecule has 1 unspecified atom stereocenters. The lowest BCUT2D eigenvalue weighted by Crippen LogP contribution is -2.38. The summed E-state index contributed by atoms with van der Waals surface area (Å²) in [5, 5.41) is 0. The van der Waals surface area contributed by atoms with Crippen LogP contribution in [-0.2, 0) is 9.84 Å². The van der Waals surface area contributed by atoms with E-state index in [0.717, 1.165) is 4.47 Å². The molecule has 2 N–H and O–H groups in total. The zero-order valence-electron chi connectivity index (χ0n) is 10.5. The number of amides is 1. The van der Waals surface area contributed by atoms with Gasteiger partial charge in [-0.3, -0.25) is 4.79 Å². The number of nitrogen functional groups attached to an aromatic ring is 1. The van der Waals surface area contributed by atoms with Crippen LogP contribution in [-0.4, -0.2) is 43.8 Å². The molecule has 1 aliphatic heterocycles. The molecule has 1 aliphatic rings. The Morgan fingerprint density at radius 3 is 2.68 bits per heavy atom. The Kier molecular flexibility index (Phi) is 3.87. The first kappa shape index (κ1) is 14.3. The predicted octanol–water partition coefficient (Wildman–Crippen LogP) is 1.29. The van der Waals surface area contributed by atoms with Crippen molar-refractivity contribution < 1.29 is 13.2 Å². The number of benzene rings is 1. The molecule has 0 spiro atoms. The summed E-state index contributed by atoms with van der Waals surface area (Å²) in [7, 11) is -1.39. The molecular formula is C12H15BrN2O3S. The normalized spacial score (nSPS) is 21.3. The SMILES string of the molecule is CN(C(=O)c1ccc(Br)cc1N)C1CCS(=O)(=O)C1. The second kappa shape index (κ2) is 5.13. The Morgan fingerprint density at radius 2 is 2.16 bits per heavy atom. The highest BCUT2D eigenvalue weighted by molar-refractivity contribution is 9.10. The van der Waals surface area contributed by atoms with Crippen molar-refractivity contribution >= 4 is 37.4 Å². The number of carbonyl (C=O) groups excluding carboxylic acids is 1. The van der Waals surface area contributed by atoms with E-state index in [-0.39, 0.29) is 23.5 Å². The first-order valence-electron chi connectivity index (χ1n) is 5.83. The average molecular weight is 347 g/mol. The molecule has 104 valence electrons. The highest BCUT2D eigenvalue weighted by Gasteiger charge is 2.33. The van der Waals surface area contributed by atoms with Crippen molar-refractivity contribution in [2.45, 2.75) is 12.5 Å². The van der Waals surface area contributed by atoms with Gasteiger partial charge in [0.2, 0.25) is 0 Å². The van der Waals surface area contributed by atoms with Crippen LogP contribution in [0.1, 0.15) is 16.8 Å². The fraction of sp³-hybridized carbons (Fsp3) is 0.417. The van der Waals surface area contributed by atoms with Gasteiger partial charge in [0.25, 0.3) is 5.91 Å². The van der Waals surface area contributed by atoms with E-state index in [1.165, 1.54) is 4.90 Å². The maximum absolute atomic E-state index is 12.3. The van der Waals surface area contributed by atoms with Gasteiger partial charge < -0.3 is 10.6 Å². The van der Waals surface area contributed by atoms with Crippen LogP contribution < -0.4 is 5.73 Å². The van der Waals surface area contributed by atoms with Gasteiger partial charge in [-0.1, -0.05) is 15.9 Å². The van der Waals surface area contributed by atoms with Gasteiger partial charge in [0.05, 0.1) is 17.1 Å². The summed E-state index contributed by atoms with van der Waals surface area (Å²) in [4.78, 5) is 13.8. The molecule has 19 heavy (non-hydrogen) atoms. The standard InChI is InChI=1S/C12H15BrN2O3S/c1-15(9-4-5-19(17,18)7-9)12(16)10-3-2-8(13)6-11(10)14/h2-3,6,9H,4-5,7,14H2,1H3. The number of rotatable bonds is 2. The third-order valence-corrected chi connectivity index (χ3v) is 5.56. The molecule has 1 heterocycles. The van der Waals surface area contributed by atoms with Gasteiger partial charge in [0.15, 0.2) is 9.84 Å². The van der Waals surface area contributed by atoms with Crippen molar-refractivity contribution in [3.05, 3.63) is 28.2 Å². The van der Waals surface area contributed by atoms with Crippen LogP contribution in [0.25, 0.3) is 0 Å². The number of hydrogen-bond donors (Lipinski definition) is 1. The Bertz CT molecular complexity index is 615. The van der Waals surface area contributed by atoms with Gasteiger partial charge >= 0.3 is 0 Å². The number of sulfone groups is 1. The summed E-state index contributed by atoms with van der Waals surface area (Å²) in [6, 6.07) is 4.78. The third-order valence-electron chi connectivity index (χ3n) is 3.32. The van der Waals surface area contributed by atoms with E-state index < -0.39 is 9.84 Å². The first-order valence-corrected chi connectivity index (χ1v) is 8.44. The Hall–Kier alpha value is -1.08. The molecule has 0 saturated carbocycles. The lowest BCUT2D eigenvalue weighted by atomic mass is 10.1. The maximum Gasteiger partial charge on any atom is 0.255 e. The highest BCUT2D eigenvalue weighted by atomic mass is 79.9. The van der Waals surface area contributed by atoms with Crippen LogP contribution in [0.2, 0.25) is 0 Å². The zero-order chi connectivity index (χ0) is 14.2. The van der Waals surface area contributed by atoms with Gasteiger partial charge in [0, 0.05) is 23.2 Å². The van der Waals surface area contributed by atoms with Crippen molar-refractivity contribution in [3.63, 3.8) is 0 Å². The molecule has 1 aromatic carbocycles. The van der Waals surface area contributed by atoms with Crippen LogP contribution in [0.3, 0.4) is 0 Å². The van der Waals surface area contributed by atoms with E-state index in [1.54, 1.807) is 25.2 Å². The molecule has 2 rings (SSSR count). The van der Waals surface area contributed by atoms with E-state index in [9.17, 15) is 13.2 Å². The lowest BCUT2D eigenvalue weighted by molar-refractivity contribution is 0.0749. The second-order valence-electron chi connectivity index (χ2n) is 4.70. The molecule has 1 amide bonds. The van der Waals surface area contributed by atoms with E-state index in [4.69, 9.17) is 5.73 Å². The largest absolute Gasteiger partial charge is 0.398 e. The van der Waals surface area contributed by atoms with Crippen molar-refractivity contribution in [3.8, 4) is 0 Å². The van der Waals surface area contributed by atoms with Crippen molar-refractivity contribution in [2.75, 3.05) is 24.3 Å². The minimum Gasteiger partial charge on any atom is -0.398 e. The highest BCUT2D eigenvalue weighted by Crippen LogP contribution is 2.23. The van der Waals surface area contributed by atoms with Gasteiger partial charge in [-0.15, -0.1) is 0 Å². The van der Waals surface area contributed by atoms with Crippen molar-refractivity contribution in [2.24, 2.45) is 0 Å². The zero-order valence-corrected chi connectivity index (χ0v) is 12.9. The molecule has 7 heteroatoms. The van der Waals surface area contributed by atoms with Gasteiger partial charge in [-0.25, -0.2) is 8.42 Å². The molecule has 1 saturated heterocycles. The maximum atomic E-state index is 12.3. The van der Waals surface area contributed by atoms with E-state index in [1.807, 2.05) is 0 Å². The molecule has 1 atom stereocenters. The van der Waals surface area contributed by atoms with Crippen LogP contribution in [0.5, 0.6) is 0 Å². The molecule has 5 nitrogen and oxygen atoms in total. The van der Waals surface area contributed by atoms with Crippen LogP contribution >= 0.6 is 15.9 Å². The molecule has 1 fully saturated rings. The van der Waals surface area contributed by atoms with Crippen molar-refractivity contribution in [1.82, 2.24) is 4.90 Å². The fourth-order valence-corrected chi connectivity index (χ4v) is 4.32. The predicted molar refractivity (Wildman–Crippen MR) is 77.7 cm³/mol. The third kappa shape index (κ3) is 3.09. The van der Waals surface area contributed by atoms with Crippen molar-refractivity contribution in [1.29, 1.82) is 0 Å². The Morgan fingerprint density at radius 1 is 1.47 bits per heavy atom. The summed E-state index contributed by atoms with van der Waals surface area (Å²) in [5.74, 6) is -0.0661. The van der Waals surface area contributed by atoms with Gasteiger partial charge in [-0.2, -0.15) is 0 Å². The number of hydrogen-bond acceptors (Lipinski definition) is 4. The molecule has 1 aromatic rings. The number of anilines is 1. The van der Waals surface area contributed by atoms with Gasteiger partial charge in [0.1, 0.15) is 0 Å². The topological polar surface area (TPSA) is 80.5 Å². The number of halogens is 1. The number of nitrogens with two attached hydrogens (primary N) is 1. The Labute approximate surface area is 120 Å². The Balaban J connectivity index is 2.20. The van der Waals surface area contributed by atoms with Gasteiger partial charge in [-0.05, 0) is 24.6 Å². The molecule has 0 aromatic heterocycles. The summed E-state index contributed by atoms with van der Waals surface area (Å²) in [6.45, 7) is 0. The number of carbonyl (C=O) groups is 1. The smallest absolute Gasteiger partial charge is 0.255 e. The van der Waals surface area contributed by atoms with E-state index >= 15 is 0 Å². The van der Waals surface area contributed by atoms with Crippen LogP contribution in [0.15, 0.2) is 22.7 Å². The molecule has 0 bridgehead atoms. The molecule has 0 radical (unpaired) electrons. The second-order valence-corrected chi connectivity index (χ2v) is 7.85. The summed E-state index contributed by atoms with van der Waals surface area (Å²) >= 11 is 3.28. The minimum absolute atomic E-state index is 0.0334. The lowest BCUT2D eigenvalue weighted by Gasteiger charge is -2.24. The quantitative estimate of drug-likeness (QED) is 0.818. The van der Waals surface area contributed by atoms with Crippen LogP contribution in [0.4, 0.5) is 5.69 Å². The average Bonchev–Trinajstić information content (AvgIpc) is 2.68. The minimum atomic E-state index is -3.01. The fourth-order valence-electron chi connectivity index (χ4n) is 2.17. The van der Waals surface area contributed by atoms with E-state index in [0.29, 0.717) is 17.7 Å². The van der Waals surface area contributed by atoms with Crippen LogP contribution in [0, 0.1) is 0 Å². The number of nitrogens with zero attached hydrogens (tertiary/aromatic N) is 1. The molecule has 0 aliphatic carbocycles. The summed E-state index contributed by atoms with van der Waals surface area (Å²) < 4.78 is 23.7. The summed E-state index contributed by atoms with van der Waals surface area (Å²) in [5.41, 5.74) is 6.60. The monoisotopic (exact) mass is 346 g/mol.